The van der Waals surface area contributed by atoms with Gasteiger partial charge < -0.3 is 4.42 Å². The normalized spacial score (nSPS) is 11.9. The van der Waals surface area contributed by atoms with Gasteiger partial charge in [0.25, 0.3) is 0 Å². The molecule has 0 aliphatic rings. The largest absolute Gasteiger partial charge is 0.456 e. The molecule has 0 atom stereocenters. The van der Waals surface area contributed by atoms with Gasteiger partial charge >= 0.3 is 0 Å². The van der Waals surface area contributed by atoms with Gasteiger partial charge in [0.2, 0.25) is 0 Å². The molecule has 0 fully saturated rings. The fraction of sp³-hybridized carbons (Fsp3) is 0.0192. The molecule has 0 amide bonds. The first-order valence-corrected chi connectivity index (χ1v) is 18.7. The van der Waals surface area contributed by atoms with Gasteiger partial charge in [-0.3, -0.25) is 4.99 Å². The van der Waals surface area contributed by atoms with Crippen molar-refractivity contribution in [2.24, 2.45) is 15.0 Å². The molecule has 4 heteroatoms. The third-order valence-electron chi connectivity index (χ3n) is 10.1. The van der Waals surface area contributed by atoms with E-state index in [0.29, 0.717) is 18.2 Å². The molecule has 0 radical (unpaired) electrons. The predicted octanol–water partition coefficient (Wildman–Crippen LogP) is 13.3. The van der Waals surface area contributed by atoms with E-state index in [1.807, 2.05) is 36.4 Å². The maximum Gasteiger partial charge on any atom is 0.161 e. The molecule has 266 valence electrons. The highest BCUT2D eigenvalue weighted by Crippen LogP contribution is 2.35. The molecule has 1 heterocycles. The van der Waals surface area contributed by atoms with Crippen molar-refractivity contribution >= 4 is 40.3 Å². The Morgan fingerprint density at radius 2 is 0.911 bits per heavy atom. The van der Waals surface area contributed by atoms with Crippen molar-refractivity contribution in [1.29, 1.82) is 0 Å². The van der Waals surface area contributed by atoms with Gasteiger partial charge in [0, 0.05) is 21.9 Å². The zero-order chi connectivity index (χ0) is 37.7. The number of hydrogen-bond acceptors (Lipinski definition) is 2. The highest BCUT2D eigenvalue weighted by atomic mass is 16.3. The van der Waals surface area contributed by atoms with Crippen molar-refractivity contribution in [2.45, 2.75) is 6.54 Å². The molecule has 1 aromatic heterocycles. The van der Waals surface area contributed by atoms with Crippen LogP contribution >= 0.6 is 0 Å². The molecule has 0 unspecified atom stereocenters. The van der Waals surface area contributed by atoms with Crippen molar-refractivity contribution in [3.8, 4) is 44.5 Å². The number of benzene rings is 8. The quantitative estimate of drug-likeness (QED) is 0.114. The van der Waals surface area contributed by atoms with Crippen LogP contribution in [0.4, 0.5) is 0 Å². The molecular weight excluding hydrogens is 683 g/mol. The number of hydrogen-bond donors (Lipinski definition) is 0. The van der Waals surface area contributed by atoms with Gasteiger partial charge in [0.15, 0.2) is 11.7 Å². The van der Waals surface area contributed by atoms with Gasteiger partial charge in [0.1, 0.15) is 11.2 Å². The lowest BCUT2D eigenvalue weighted by atomic mass is 9.99. The zero-order valence-electron chi connectivity index (χ0n) is 30.7. The summed E-state index contributed by atoms with van der Waals surface area (Å²) in [5.41, 5.74) is 13.6. The number of nitrogens with zero attached hydrogens (tertiary/aromatic N) is 3. The standard InChI is InChI=1S/C52H37N3O/c1-53-52(47-18-11-19-48-50(47)46-33-32-45(34-49(46)56-48)43-26-24-41(25-27-43)38-14-7-3-8-15-38)55-51(44-30-28-42(29-31-44)39-16-9-4-10-17-39)54-35-36-20-22-40(23-21-36)37-12-5-2-6-13-37/h2-34H,1,35H2. The van der Waals surface area contributed by atoms with E-state index in [1.165, 1.54) is 22.3 Å². The lowest BCUT2D eigenvalue weighted by molar-refractivity contribution is 0.669. The highest BCUT2D eigenvalue weighted by molar-refractivity contribution is 6.22. The van der Waals surface area contributed by atoms with E-state index in [2.05, 4.69) is 176 Å². The molecule has 0 saturated carbocycles. The first-order valence-electron chi connectivity index (χ1n) is 18.7. The Balaban J connectivity index is 1.08. The van der Waals surface area contributed by atoms with Crippen LogP contribution in [0.3, 0.4) is 0 Å². The Morgan fingerprint density at radius 1 is 0.429 bits per heavy atom. The lowest BCUT2D eigenvalue weighted by Crippen LogP contribution is -2.06. The molecule has 0 aliphatic heterocycles. The number of rotatable bonds is 8. The molecule has 8 aromatic carbocycles. The van der Waals surface area contributed by atoms with Crippen molar-refractivity contribution in [3.05, 3.63) is 217 Å². The van der Waals surface area contributed by atoms with Crippen LogP contribution < -0.4 is 0 Å². The monoisotopic (exact) mass is 719 g/mol. The van der Waals surface area contributed by atoms with E-state index < -0.39 is 0 Å². The van der Waals surface area contributed by atoms with E-state index in [-0.39, 0.29) is 0 Å². The first kappa shape index (κ1) is 34.3. The minimum absolute atomic E-state index is 0.451. The van der Waals surface area contributed by atoms with Crippen molar-refractivity contribution in [1.82, 2.24) is 0 Å². The molecule has 9 rings (SSSR count). The maximum absolute atomic E-state index is 6.49. The van der Waals surface area contributed by atoms with Crippen LogP contribution in [-0.4, -0.2) is 18.4 Å². The van der Waals surface area contributed by atoms with Crippen molar-refractivity contribution < 1.29 is 4.42 Å². The number of furan rings is 1. The van der Waals surface area contributed by atoms with Gasteiger partial charge in [-0.1, -0.05) is 182 Å². The summed E-state index contributed by atoms with van der Waals surface area (Å²) in [4.78, 5) is 14.8. The minimum atomic E-state index is 0.451. The highest BCUT2D eigenvalue weighted by Gasteiger charge is 2.17. The molecular formula is C52H37N3O. The third-order valence-corrected chi connectivity index (χ3v) is 10.1. The second-order valence-electron chi connectivity index (χ2n) is 13.7. The topological polar surface area (TPSA) is 50.2 Å². The summed E-state index contributed by atoms with van der Waals surface area (Å²) in [6, 6.07) is 69.1. The Labute approximate surface area is 326 Å². The van der Waals surface area contributed by atoms with Gasteiger partial charge in [-0.25, -0.2) is 9.98 Å². The van der Waals surface area contributed by atoms with Crippen LogP contribution in [-0.2, 0) is 6.54 Å². The minimum Gasteiger partial charge on any atom is -0.456 e. The zero-order valence-corrected chi connectivity index (χ0v) is 30.7. The lowest BCUT2D eigenvalue weighted by Gasteiger charge is -2.09. The van der Waals surface area contributed by atoms with Crippen LogP contribution in [0.1, 0.15) is 16.7 Å². The van der Waals surface area contributed by atoms with Crippen LogP contribution in [0.15, 0.2) is 220 Å². The van der Waals surface area contributed by atoms with Crippen LogP contribution in [0, 0.1) is 0 Å². The molecule has 0 N–H and O–H groups in total. The van der Waals surface area contributed by atoms with E-state index in [4.69, 9.17) is 14.4 Å². The SMILES string of the molecule is C=NC(=NC(=NCc1ccc(-c2ccccc2)cc1)c1ccc(-c2ccccc2)cc1)c1cccc2oc3cc(-c4ccc(-c5ccccc5)cc4)ccc3c12. The predicted molar refractivity (Wildman–Crippen MR) is 235 cm³/mol. The van der Waals surface area contributed by atoms with Crippen LogP contribution in [0.5, 0.6) is 0 Å². The van der Waals surface area contributed by atoms with Gasteiger partial charge in [-0.05, 0) is 75.0 Å². The average molecular weight is 720 g/mol. The molecule has 56 heavy (non-hydrogen) atoms. The van der Waals surface area contributed by atoms with E-state index in [1.54, 1.807) is 0 Å². The Bertz CT molecular complexity index is 2840. The summed E-state index contributed by atoms with van der Waals surface area (Å²) in [6.07, 6.45) is 0. The molecule has 0 saturated heterocycles. The Morgan fingerprint density at radius 3 is 1.46 bits per heavy atom. The second kappa shape index (κ2) is 15.5. The summed E-state index contributed by atoms with van der Waals surface area (Å²) >= 11 is 0. The molecule has 0 bridgehead atoms. The van der Waals surface area contributed by atoms with Crippen LogP contribution in [0.25, 0.3) is 66.4 Å². The average Bonchev–Trinajstić information content (AvgIpc) is 3.66. The molecule has 0 aliphatic carbocycles. The smallest absolute Gasteiger partial charge is 0.161 e. The van der Waals surface area contributed by atoms with Gasteiger partial charge in [0.05, 0.1) is 6.54 Å². The summed E-state index contributed by atoms with van der Waals surface area (Å²) in [5, 5.41) is 1.93. The van der Waals surface area contributed by atoms with E-state index in [0.717, 1.165) is 60.9 Å². The van der Waals surface area contributed by atoms with Crippen molar-refractivity contribution in [2.75, 3.05) is 0 Å². The molecule has 9 aromatic rings. The maximum atomic E-state index is 6.49. The summed E-state index contributed by atoms with van der Waals surface area (Å²) in [7, 11) is 0. The second-order valence-corrected chi connectivity index (χ2v) is 13.7. The van der Waals surface area contributed by atoms with E-state index in [9.17, 15) is 0 Å². The number of fused-ring (bicyclic) bond motifs is 3. The first-order chi connectivity index (χ1) is 27.7. The van der Waals surface area contributed by atoms with Crippen LogP contribution in [0.2, 0.25) is 0 Å². The Hall–Kier alpha value is -7.43. The summed E-state index contributed by atoms with van der Waals surface area (Å²) < 4.78 is 6.49. The summed E-state index contributed by atoms with van der Waals surface area (Å²) in [5.74, 6) is 1.05. The molecule has 4 nitrogen and oxygen atoms in total. The number of aliphatic imine (C=N–C) groups is 3. The van der Waals surface area contributed by atoms with Gasteiger partial charge in [-0.2, -0.15) is 0 Å². The Kier molecular flexibility index (Phi) is 9.51. The van der Waals surface area contributed by atoms with Crippen molar-refractivity contribution in [3.63, 3.8) is 0 Å². The third kappa shape index (κ3) is 7.12. The molecule has 0 spiro atoms. The summed E-state index contributed by atoms with van der Waals surface area (Å²) in [6.45, 7) is 4.43. The van der Waals surface area contributed by atoms with Gasteiger partial charge in [-0.15, -0.1) is 0 Å². The fourth-order valence-electron chi connectivity index (χ4n) is 7.19. The fourth-order valence-corrected chi connectivity index (χ4v) is 7.19. The van der Waals surface area contributed by atoms with E-state index >= 15 is 0 Å². The number of amidine groups is 2.